The van der Waals surface area contributed by atoms with Crippen molar-refractivity contribution in [3.63, 3.8) is 0 Å². The molecule has 0 bridgehead atoms. The number of nitrogens with zero attached hydrogens (tertiary/aromatic N) is 3. The number of aromatic nitrogens is 3. The molecule has 1 atom stereocenters. The molecule has 1 aliphatic heterocycles. The van der Waals surface area contributed by atoms with Crippen LogP contribution in [0.5, 0.6) is 11.5 Å². The first-order valence-electron chi connectivity index (χ1n) is 9.17. The number of ether oxygens (including phenoxy) is 1. The summed E-state index contributed by atoms with van der Waals surface area (Å²) >= 11 is 1.52. The molecule has 1 aliphatic rings. The third-order valence-electron chi connectivity index (χ3n) is 5.16. The fraction of sp³-hybridized carbons (Fsp3) is 0.190. The minimum absolute atomic E-state index is 0.0973. The number of carbonyl (C=O) groups excluding carboxylic acids is 1. The number of amides is 1. The van der Waals surface area contributed by atoms with Gasteiger partial charge in [0, 0.05) is 29.5 Å². The molecule has 2 aromatic carbocycles. The predicted molar refractivity (Wildman–Crippen MR) is 111 cm³/mol. The Kier molecular flexibility index (Phi) is 4.02. The second kappa shape index (κ2) is 6.59. The number of nitrogens with one attached hydrogen (secondary N) is 1. The van der Waals surface area contributed by atoms with Crippen LogP contribution < -0.4 is 10.1 Å². The number of carbonyl (C=O) groups is 1. The average molecular weight is 406 g/mol. The summed E-state index contributed by atoms with van der Waals surface area (Å²) in [5, 5.41) is 18.2. The standard InChI is InChI=1S/C21H18N4O3S/c1-11-19-14(13-8-7-12(26)9-16(13)28-2)10-18(27)23-20(19)25(24-11)21-22-15-5-3-4-6-17(15)29-21/h3-9,14,26H,10H2,1-2H3,(H,23,27)/t14-/m0/s1. The number of para-hydroxylation sites is 1. The number of methoxy groups -OCH3 is 1. The zero-order valence-corrected chi connectivity index (χ0v) is 16.7. The number of phenols is 1. The Labute approximate surface area is 170 Å². The van der Waals surface area contributed by atoms with Crippen LogP contribution in [-0.4, -0.2) is 32.9 Å². The van der Waals surface area contributed by atoms with E-state index in [0.29, 0.717) is 16.7 Å². The summed E-state index contributed by atoms with van der Waals surface area (Å²) < 4.78 is 8.24. The summed E-state index contributed by atoms with van der Waals surface area (Å²) in [7, 11) is 1.56. The van der Waals surface area contributed by atoms with Crippen molar-refractivity contribution in [3.8, 4) is 16.6 Å². The molecule has 0 saturated heterocycles. The minimum Gasteiger partial charge on any atom is -0.508 e. The first kappa shape index (κ1) is 17.7. The maximum Gasteiger partial charge on any atom is 0.226 e. The second-order valence-electron chi connectivity index (χ2n) is 6.95. The largest absolute Gasteiger partial charge is 0.508 e. The highest BCUT2D eigenvalue weighted by atomic mass is 32.1. The highest BCUT2D eigenvalue weighted by Gasteiger charge is 2.34. The summed E-state index contributed by atoms with van der Waals surface area (Å²) in [6, 6.07) is 12.9. The molecular formula is C21H18N4O3S. The van der Waals surface area contributed by atoms with Crippen molar-refractivity contribution < 1.29 is 14.6 Å². The Morgan fingerprint density at radius 2 is 2.10 bits per heavy atom. The fourth-order valence-electron chi connectivity index (χ4n) is 3.89. The number of thiazole rings is 1. The summed E-state index contributed by atoms with van der Waals surface area (Å²) in [6.07, 6.45) is 0.278. The van der Waals surface area contributed by atoms with E-state index in [4.69, 9.17) is 9.84 Å². The Bertz CT molecular complexity index is 1230. The Hall–Kier alpha value is -3.39. The van der Waals surface area contributed by atoms with Gasteiger partial charge in [0.05, 0.1) is 23.0 Å². The Morgan fingerprint density at radius 1 is 1.28 bits per heavy atom. The van der Waals surface area contributed by atoms with Crippen LogP contribution >= 0.6 is 11.3 Å². The smallest absolute Gasteiger partial charge is 0.226 e. The van der Waals surface area contributed by atoms with Crippen LogP contribution in [0.1, 0.15) is 29.2 Å². The molecule has 5 rings (SSSR count). The van der Waals surface area contributed by atoms with Crippen LogP contribution in [0.25, 0.3) is 15.3 Å². The van der Waals surface area contributed by atoms with E-state index in [0.717, 1.165) is 27.0 Å². The van der Waals surface area contributed by atoms with Gasteiger partial charge in [0.25, 0.3) is 0 Å². The van der Waals surface area contributed by atoms with Gasteiger partial charge in [-0.3, -0.25) is 4.79 Å². The number of anilines is 1. The molecule has 146 valence electrons. The van der Waals surface area contributed by atoms with Crippen molar-refractivity contribution in [2.24, 2.45) is 0 Å². The topological polar surface area (TPSA) is 89.3 Å². The molecule has 0 aliphatic carbocycles. The van der Waals surface area contributed by atoms with Crippen molar-refractivity contribution in [3.05, 3.63) is 59.3 Å². The van der Waals surface area contributed by atoms with Gasteiger partial charge in [0.2, 0.25) is 11.0 Å². The van der Waals surface area contributed by atoms with Gasteiger partial charge in [-0.2, -0.15) is 9.78 Å². The zero-order chi connectivity index (χ0) is 20.1. The van der Waals surface area contributed by atoms with Crippen molar-refractivity contribution in [2.45, 2.75) is 19.3 Å². The van der Waals surface area contributed by atoms with E-state index in [-0.39, 0.29) is 24.0 Å². The van der Waals surface area contributed by atoms with Crippen molar-refractivity contribution in [2.75, 3.05) is 12.4 Å². The van der Waals surface area contributed by atoms with Crippen molar-refractivity contribution >= 4 is 33.3 Å². The molecule has 0 saturated carbocycles. The average Bonchev–Trinajstić information content (AvgIpc) is 3.28. The van der Waals surface area contributed by atoms with Crippen LogP contribution in [-0.2, 0) is 4.79 Å². The molecule has 4 aromatic rings. The maximum atomic E-state index is 12.6. The summed E-state index contributed by atoms with van der Waals surface area (Å²) in [5.74, 6) is 0.978. The Morgan fingerprint density at radius 3 is 2.90 bits per heavy atom. The van der Waals surface area contributed by atoms with E-state index in [1.807, 2.05) is 31.2 Å². The normalized spacial score (nSPS) is 15.9. The van der Waals surface area contributed by atoms with E-state index in [1.54, 1.807) is 30.0 Å². The van der Waals surface area contributed by atoms with Crippen LogP contribution in [0.3, 0.4) is 0 Å². The number of benzene rings is 2. The first-order valence-corrected chi connectivity index (χ1v) is 9.99. The van der Waals surface area contributed by atoms with Gasteiger partial charge in [-0.15, -0.1) is 0 Å². The quantitative estimate of drug-likeness (QED) is 0.537. The molecule has 2 aromatic heterocycles. The first-order chi connectivity index (χ1) is 14.0. The van der Waals surface area contributed by atoms with Gasteiger partial charge < -0.3 is 15.2 Å². The molecule has 0 unspecified atom stereocenters. The number of rotatable bonds is 3. The van der Waals surface area contributed by atoms with Crippen LogP contribution in [0, 0.1) is 6.92 Å². The van der Waals surface area contributed by atoms with Gasteiger partial charge in [-0.05, 0) is 25.1 Å². The highest BCUT2D eigenvalue weighted by molar-refractivity contribution is 7.20. The number of aryl methyl sites for hydroxylation is 1. The molecule has 29 heavy (non-hydrogen) atoms. The van der Waals surface area contributed by atoms with Gasteiger partial charge in [0.1, 0.15) is 17.3 Å². The third kappa shape index (κ3) is 2.84. The highest BCUT2D eigenvalue weighted by Crippen LogP contribution is 2.44. The lowest BCUT2D eigenvalue weighted by Crippen LogP contribution is -2.25. The molecule has 8 heteroatoms. The molecular weight excluding hydrogens is 388 g/mol. The monoisotopic (exact) mass is 406 g/mol. The lowest BCUT2D eigenvalue weighted by atomic mass is 9.85. The molecule has 0 radical (unpaired) electrons. The fourth-order valence-corrected chi connectivity index (χ4v) is 4.81. The summed E-state index contributed by atoms with van der Waals surface area (Å²) in [6.45, 7) is 1.93. The van der Waals surface area contributed by atoms with Crippen LogP contribution in [0.4, 0.5) is 5.82 Å². The van der Waals surface area contributed by atoms with E-state index in [9.17, 15) is 9.90 Å². The maximum absolute atomic E-state index is 12.6. The van der Waals surface area contributed by atoms with Gasteiger partial charge in [-0.1, -0.05) is 29.5 Å². The van der Waals surface area contributed by atoms with E-state index in [1.165, 1.54) is 11.3 Å². The van der Waals surface area contributed by atoms with Crippen molar-refractivity contribution in [1.29, 1.82) is 0 Å². The molecule has 2 N–H and O–H groups in total. The number of hydrogen-bond acceptors (Lipinski definition) is 6. The van der Waals surface area contributed by atoms with E-state index >= 15 is 0 Å². The number of hydrogen-bond donors (Lipinski definition) is 2. The SMILES string of the molecule is COc1cc(O)ccc1[C@@H]1CC(=O)Nc2c1c(C)nn2-c1nc2ccccc2s1. The number of aromatic hydroxyl groups is 1. The Balaban J connectivity index is 1.69. The van der Waals surface area contributed by atoms with Gasteiger partial charge in [-0.25, -0.2) is 4.98 Å². The van der Waals surface area contributed by atoms with E-state index < -0.39 is 0 Å². The van der Waals surface area contributed by atoms with Crippen LogP contribution in [0.2, 0.25) is 0 Å². The summed E-state index contributed by atoms with van der Waals surface area (Å²) in [4.78, 5) is 17.3. The lowest BCUT2D eigenvalue weighted by Gasteiger charge is -2.25. The van der Waals surface area contributed by atoms with Crippen LogP contribution in [0.15, 0.2) is 42.5 Å². The molecule has 1 amide bonds. The second-order valence-corrected chi connectivity index (χ2v) is 7.96. The third-order valence-corrected chi connectivity index (χ3v) is 6.17. The minimum atomic E-state index is -0.225. The molecule has 0 spiro atoms. The predicted octanol–water partition coefficient (Wildman–Crippen LogP) is 3.98. The lowest BCUT2D eigenvalue weighted by molar-refractivity contribution is -0.116. The zero-order valence-electron chi connectivity index (χ0n) is 15.8. The van der Waals surface area contributed by atoms with Crippen molar-refractivity contribution in [1.82, 2.24) is 14.8 Å². The van der Waals surface area contributed by atoms with Gasteiger partial charge >= 0.3 is 0 Å². The molecule has 3 heterocycles. The van der Waals surface area contributed by atoms with Gasteiger partial charge in [0.15, 0.2) is 0 Å². The number of phenolic OH excluding ortho intramolecular Hbond substituents is 1. The molecule has 7 nitrogen and oxygen atoms in total. The number of fused-ring (bicyclic) bond motifs is 2. The van der Waals surface area contributed by atoms with E-state index in [2.05, 4.69) is 10.3 Å². The summed E-state index contributed by atoms with van der Waals surface area (Å²) in [5.41, 5.74) is 3.49. The molecule has 0 fully saturated rings.